The SMILES string of the molecule is CC(C)(C)c1ccc(N2c3cc(N4c5ccc(-c6ccccc6)cc5C5(C)CCCCC45C)cc4c3B(c3cc(C(C)(C)C)cc5c3N4C3(C)CCCCC53C)c3ccc4c(sc5ccc(C(C)(C)C)cc54)c32)c(-c2ccccc2)c1. The normalized spacial score (nSPS) is 23.6. The van der Waals surface area contributed by atoms with Gasteiger partial charge in [-0.25, -0.2) is 0 Å². The topological polar surface area (TPSA) is 9.72 Å². The summed E-state index contributed by atoms with van der Waals surface area (Å²) < 4.78 is 2.72. The minimum atomic E-state index is -0.165. The molecule has 8 aromatic carbocycles. The molecule has 4 aliphatic heterocycles. The van der Waals surface area contributed by atoms with E-state index in [9.17, 15) is 0 Å². The fraction of sp³-hybridized carbons (Fsp3) is 0.368. The Labute approximate surface area is 487 Å². The van der Waals surface area contributed by atoms with Crippen LogP contribution in [0, 0.1) is 0 Å². The molecule has 5 heteroatoms. The standard InChI is InChI=1S/C76H80BN3S/c1-70(2,3)50-29-34-61(55(41-50)48-26-18-15-19-27-48)78-63-45-53(79-62-33-28-49(47-24-16-14-17-25-47)40-57(62)73(10)36-20-22-38-75(73,79)12)46-64-66(63)77(59-32-31-54-56-42-51(71(4,5)6)30-35-65(56)81-69(54)68(59)78)60-44-52(72(7,8)9)43-58-67(60)80(64)76(13)39-23-21-37-74(58,76)11/h14-19,24-35,40-46H,20-23,36-39H2,1-13H3. The summed E-state index contributed by atoms with van der Waals surface area (Å²) in [5.41, 5.74) is 25.7. The third kappa shape index (κ3) is 7.00. The molecule has 81 heavy (non-hydrogen) atoms. The van der Waals surface area contributed by atoms with Gasteiger partial charge in [0.25, 0.3) is 6.71 Å². The fourth-order valence-corrected chi connectivity index (χ4v) is 18.1. The lowest BCUT2D eigenvalue weighted by atomic mass is 9.33. The molecule has 0 radical (unpaired) electrons. The highest BCUT2D eigenvalue weighted by Crippen LogP contribution is 2.66. The first kappa shape index (κ1) is 51.3. The largest absolute Gasteiger partial charge is 0.335 e. The first-order valence-corrected chi connectivity index (χ1v) is 31.5. The quantitative estimate of drug-likeness (QED) is 0.163. The summed E-state index contributed by atoms with van der Waals surface area (Å²) in [5, 5.41) is 2.71. The Morgan fingerprint density at radius 3 is 1.70 bits per heavy atom. The highest BCUT2D eigenvalue weighted by molar-refractivity contribution is 7.26. The Balaban J connectivity index is 1.11. The van der Waals surface area contributed by atoms with Gasteiger partial charge in [-0.2, -0.15) is 0 Å². The van der Waals surface area contributed by atoms with E-state index in [2.05, 4.69) is 256 Å². The van der Waals surface area contributed by atoms with Crippen molar-refractivity contribution in [3.8, 4) is 22.3 Å². The summed E-state index contributed by atoms with van der Waals surface area (Å²) in [6, 6.07) is 60.7. The highest BCUT2D eigenvalue weighted by Gasteiger charge is 2.63. The van der Waals surface area contributed by atoms with Gasteiger partial charge < -0.3 is 14.7 Å². The van der Waals surface area contributed by atoms with Crippen molar-refractivity contribution in [3.63, 3.8) is 0 Å². The molecule has 4 atom stereocenters. The van der Waals surface area contributed by atoms with Crippen LogP contribution in [-0.4, -0.2) is 17.8 Å². The maximum Gasteiger partial charge on any atom is 0.252 e. The van der Waals surface area contributed by atoms with Gasteiger partial charge in [-0.1, -0.05) is 205 Å². The predicted molar refractivity (Wildman–Crippen MR) is 351 cm³/mol. The minimum absolute atomic E-state index is 0.0125. The van der Waals surface area contributed by atoms with Gasteiger partial charge in [0.15, 0.2) is 0 Å². The van der Waals surface area contributed by atoms with Crippen LogP contribution in [0.1, 0.15) is 169 Å². The summed E-state index contributed by atoms with van der Waals surface area (Å²) in [4.78, 5) is 8.69. The first-order chi connectivity index (χ1) is 38.5. The van der Waals surface area contributed by atoms with E-state index in [4.69, 9.17) is 0 Å². The smallest absolute Gasteiger partial charge is 0.252 e. The number of hydrogen-bond acceptors (Lipinski definition) is 4. The molecule has 3 nitrogen and oxygen atoms in total. The second kappa shape index (κ2) is 17.0. The highest BCUT2D eigenvalue weighted by atomic mass is 32.1. The Kier molecular flexibility index (Phi) is 10.8. The van der Waals surface area contributed by atoms with Crippen molar-refractivity contribution in [1.82, 2.24) is 0 Å². The van der Waals surface area contributed by atoms with Crippen LogP contribution in [-0.2, 0) is 27.1 Å². The van der Waals surface area contributed by atoms with Gasteiger partial charge in [0, 0.05) is 60.3 Å². The molecule has 2 aliphatic carbocycles. The van der Waals surface area contributed by atoms with Gasteiger partial charge in [0.2, 0.25) is 0 Å². The summed E-state index contributed by atoms with van der Waals surface area (Å²) in [5.74, 6) is 0. The van der Waals surface area contributed by atoms with Crippen LogP contribution in [0.3, 0.4) is 0 Å². The van der Waals surface area contributed by atoms with E-state index >= 15 is 0 Å². The van der Waals surface area contributed by atoms with Crippen LogP contribution in [0.2, 0.25) is 0 Å². The molecule has 0 amide bonds. The Bertz CT molecular complexity index is 4110. The van der Waals surface area contributed by atoms with Crippen molar-refractivity contribution in [2.75, 3.05) is 14.7 Å². The maximum atomic E-state index is 2.98. The number of nitrogens with zero attached hydrogens (tertiary/aromatic N) is 3. The number of hydrogen-bond donors (Lipinski definition) is 0. The van der Waals surface area contributed by atoms with Crippen LogP contribution >= 0.6 is 11.3 Å². The number of fused-ring (bicyclic) bond motifs is 14. The molecule has 6 aliphatic rings. The number of thiophene rings is 1. The molecule has 5 heterocycles. The Hall–Kier alpha value is -6.56. The van der Waals surface area contributed by atoms with Gasteiger partial charge in [-0.3, -0.25) is 0 Å². The van der Waals surface area contributed by atoms with E-state index in [-0.39, 0.29) is 44.9 Å². The summed E-state index contributed by atoms with van der Waals surface area (Å²) >= 11 is 2.00. The summed E-state index contributed by atoms with van der Waals surface area (Å²) in [6.45, 7) is 32.1. The molecular weight excluding hydrogens is 998 g/mol. The number of anilines is 7. The summed E-state index contributed by atoms with van der Waals surface area (Å²) in [7, 11) is 0. The average molecular weight is 1080 g/mol. The second-order valence-corrected chi connectivity index (χ2v) is 30.6. The first-order valence-electron chi connectivity index (χ1n) is 30.7. The van der Waals surface area contributed by atoms with Crippen molar-refractivity contribution < 1.29 is 0 Å². The molecule has 2 fully saturated rings. The van der Waals surface area contributed by atoms with E-state index in [0.29, 0.717) is 0 Å². The number of benzene rings is 8. The Morgan fingerprint density at radius 2 is 1.02 bits per heavy atom. The van der Waals surface area contributed by atoms with E-state index < -0.39 is 0 Å². The van der Waals surface area contributed by atoms with Crippen molar-refractivity contribution in [3.05, 3.63) is 179 Å². The molecule has 1 aromatic heterocycles. The third-order valence-electron chi connectivity index (χ3n) is 22.0. The zero-order valence-corrected chi connectivity index (χ0v) is 51.2. The molecule has 9 aromatic rings. The molecule has 408 valence electrons. The van der Waals surface area contributed by atoms with Crippen molar-refractivity contribution in [1.29, 1.82) is 0 Å². The lowest BCUT2D eigenvalue weighted by Crippen LogP contribution is -2.64. The van der Waals surface area contributed by atoms with Crippen molar-refractivity contribution in [2.45, 2.75) is 180 Å². The fourth-order valence-electron chi connectivity index (χ4n) is 16.9. The van der Waals surface area contributed by atoms with Crippen LogP contribution in [0.25, 0.3) is 42.4 Å². The molecule has 2 saturated carbocycles. The molecule has 0 bridgehead atoms. The zero-order valence-electron chi connectivity index (χ0n) is 50.4. The molecular formula is C76H80BN3S. The lowest BCUT2D eigenvalue weighted by Gasteiger charge is -2.54. The summed E-state index contributed by atoms with van der Waals surface area (Å²) in [6.07, 6.45) is 9.60. The molecule has 4 unspecified atom stereocenters. The van der Waals surface area contributed by atoms with Gasteiger partial charge in [0.1, 0.15) is 0 Å². The van der Waals surface area contributed by atoms with Crippen LogP contribution in [0.5, 0.6) is 0 Å². The van der Waals surface area contributed by atoms with Gasteiger partial charge in [0.05, 0.1) is 27.2 Å². The Morgan fingerprint density at radius 1 is 0.432 bits per heavy atom. The zero-order chi connectivity index (χ0) is 56.1. The molecule has 0 saturated heterocycles. The van der Waals surface area contributed by atoms with Gasteiger partial charge in [-0.05, 0) is 165 Å². The third-order valence-corrected chi connectivity index (χ3v) is 23.2. The molecule has 0 spiro atoms. The molecule has 0 N–H and O–H groups in total. The van der Waals surface area contributed by atoms with Crippen LogP contribution in [0.15, 0.2) is 152 Å². The van der Waals surface area contributed by atoms with E-state index in [0.717, 1.165) is 12.8 Å². The van der Waals surface area contributed by atoms with E-state index in [1.165, 1.54) is 159 Å². The van der Waals surface area contributed by atoms with Crippen molar-refractivity contribution in [2.24, 2.45) is 0 Å². The van der Waals surface area contributed by atoms with Gasteiger partial charge >= 0.3 is 0 Å². The maximum absolute atomic E-state index is 2.98. The lowest BCUT2D eigenvalue weighted by molar-refractivity contribution is 0.194. The van der Waals surface area contributed by atoms with Crippen LogP contribution in [0.4, 0.5) is 39.8 Å². The van der Waals surface area contributed by atoms with Crippen LogP contribution < -0.4 is 31.1 Å². The van der Waals surface area contributed by atoms with E-state index in [1.807, 2.05) is 11.3 Å². The molecule has 15 rings (SSSR count). The van der Waals surface area contributed by atoms with Crippen molar-refractivity contribution >= 4 is 94.4 Å². The van der Waals surface area contributed by atoms with E-state index in [1.54, 1.807) is 5.56 Å². The predicted octanol–water partition coefficient (Wildman–Crippen LogP) is 19.4. The monoisotopic (exact) mass is 1080 g/mol. The minimum Gasteiger partial charge on any atom is -0.335 e. The number of rotatable bonds is 4. The average Bonchev–Trinajstić information content (AvgIpc) is 4.23. The van der Waals surface area contributed by atoms with Gasteiger partial charge in [-0.15, -0.1) is 11.3 Å². The second-order valence-electron chi connectivity index (χ2n) is 29.6.